The maximum absolute atomic E-state index is 13.5. The highest BCUT2D eigenvalue weighted by Crippen LogP contribution is 2.27. The van der Waals surface area contributed by atoms with Gasteiger partial charge in [0.05, 0.1) is 21.5 Å². The van der Waals surface area contributed by atoms with Crippen molar-refractivity contribution in [3.8, 4) is 16.4 Å². The van der Waals surface area contributed by atoms with Crippen molar-refractivity contribution in [3.05, 3.63) is 77.1 Å². The fourth-order valence-corrected chi connectivity index (χ4v) is 4.93. The third-order valence-electron chi connectivity index (χ3n) is 5.70. The predicted molar refractivity (Wildman–Crippen MR) is 131 cm³/mol. The number of nitrogens with one attached hydrogen (secondary N) is 3. The number of nitrogens with zero attached hydrogens (tertiary/aromatic N) is 3. The SMILES string of the molecule is C=C(NCCN1CCNCC1)c1c(-c2ccccc2)[nH]n(-c2nc3ccccc3s2)c1=O. The van der Waals surface area contributed by atoms with Crippen molar-refractivity contribution in [1.29, 1.82) is 0 Å². The minimum Gasteiger partial charge on any atom is -0.384 e. The Morgan fingerprint density at radius 3 is 2.62 bits per heavy atom. The summed E-state index contributed by atoms with van der Waals surface area (Å²) in [6.07, 6.45) is 0. The van der Waals surface area contributed by atoms with Crippen LogP contribution in [-0.2, 0) is 0 Å². The number of aromatic amines is 1. The molecule has 0 bridgehead atoms. The number of H-pyrrole nitrogens is 1. The molecule has 1 saturated heterocycles. The normalized spacial score (nSPS) is 14.6. The molecule has 1 aliphatic rings. The van der Waals surface area contributed by atoms with E-state index in [0.717, 1.165) is 60.7 Å². The van der Waals surface area contributed by atoms with Gasteiger partial charge in [-0.05, 0) is 12.1 Å². The molecule has 7 nitrogen and oxygen atoms in total. The first-order valence-electron chi connectivity index (χ1n) is 10.8. The van der Waals surface area contributed by atoms with Crippen molar-refractivity contribution in [3.63, 3.8) is 0 Å². The molecule has 0 atom stereocenters. The van der Waals surface area contributed by atoms with Crippen molar-refractivity contribution < 1.29 is 0 Å². The van der Waals surface area contributed by atoms with Crippen molar-refractivity contribution in [2.24, 2.45) is 0 Å². The summed E-state index contributed by atoms with van der Waals surface area (Å²) in [5, 5.41) is 10.7. The molecule has 32 heavy (non-hydrogen) atoms. The third kappa shape index (κ3) is 4.12. The Morgan fingerprint density at radius 2 is 1.84 bits per heavy atom. The van der Waals surface area contributed by atoms with Crippen LogP contribution in [0, 0.1) is 0 Å². The van der Waals surface area contributed by atoms with Crippen LogP contribution < -0.4 is 16.2 Å². The third-order valence-corrected chi connectivity index (χ3v) is 6.73. The van der Waals surface area contributed by atoms with E-state index in [9.17, 15) is 4.79 Å². The van der Waals surface area contributed by atoms with Gasteiger partial charge in [0, 0.05) is 50.5 Å². The second-order valence-electron chi connectivity index (χ2n) is 7.83. The first kappa shape index (κ1) is 20.7. The Hall–Kier alpha value is -3.20. The number of aromatic nitrogens is 3. The second kappa shape index (κ2) is 9.12. The van der Waals surface area contributed by atoms with Crippen LogP contribution in [0.2, 0.25) is 0 Å². The van der Waals surface area contributed by atoms with Gasteiger partial charge in [0.2, 0.25) is 5.13 Å². The fourth-order valence-electron chi connectivity index (χ4n) is 4.01. The molecule has 4 aromatic rings. The molecule has 0 aliphatic carbocycles. The van der Waals surface area contributed by atoms with Gasteiger partial charge in [0.1, 0.15) is 0 Å². The number of hydrogen-bond acceptors (Lipinski definition) is 6. The van der Waals surface area contributed by atoms with E-state index in [1.807, 2.05) is 54.6 Å². The van der Waals surface area contributed by atoms with Crippen LogP contribution in [0.4, 0.5) is 0 Å². The summed E-state index contributed by atoms with van der Waals surface area (Å²) in [6, 6.07) is 17.8. The molecule has 0 radical (unpaired) electrons. The Bertz CT molecular complexity index is 1250. The molecule has 3 N–H and O–H groups in total. The smallest absolute Gasteiger partial charge is 0.283 e. The maximum Gasteiger partial charge on any atom is 0.283 e. The van der Waals surface area contributed by atoms with Crippen molar-refractivity contribution in [1.82, 2.24) is 30.3 Å². The molecule has 0 amide bonds. The monoisotopic (exact) mass is 446 g/mol. The van der Waals surface area contributed by atoms with E-state index in [4.69, 9.17) is 0 Å². The fraction of sp³-hybridized carbons (Fsp3) is 0.250. The first-order chi connectivity index (χ1) is 15.7. The highest BCUT2D eigenvalue weighted by molar-refractivity contribution is 7.20. The zero-order valence-electron chi connectivity index (χ0n) is 17.8. The van der Waals surface area contributed by atoms with Crippen LogP contribution >= 0.6 is 11.3 Å². The Morgan fingerprint density at radius 1 is 1.09 bits per heavy atom. The number of thiazole rings is 1. The Kier molecular flexibility index (Phi) is 5.89. The summed E-state index contributed by atoms with van der Waals surface area (Å²) in [7, 11) is 0. The van der Waals surface area contributed by atoms with Gasteiger partial charge in [-0.2, -0.15) is 4.68 Å². The second-order valence-corrected chi connectivity index (χ2v) is 8.84. The summed E-state index contributed by atoms with van der Waals surface area (Å²) in [6.45, 7) is 9.98. The number of benzene rings is 2. The summed E-state index contributed by atoms with van der Waals surface area (Å²) >= 11 is 1.49. The molecule has 5 rings (SSSR count). The first-order valence-corrected chi connectivity index (χ1v) is 11.6. The Labute approximate surface area is 190 Å². The summed E-state index contributed by atoms with van der Waals surface area (Å²) in [4.78, 5) is 20.6. The molecule has 3 heterocycles. The van der Waals surface area contributed by atoms with Crippen LogP contribution in [0.25, 0.3) is 32.3 Å². The van der Waals surface area contributed by atoms with Crippen LogP contribution in [0.3, 0.4) is 0 Å². The number of para-hydroxylation sites is 1. The van der Waals surface area contributed by atoms with Gasteiger partial charge in [-0.25, -0.2) is 4.98 Å². The molecular weight excluding hydrogens is 420 g/mol. The van der Waals surface area contributed by atoms with Crippen LogP contribution in [0.5, 0.6) is 0 Å². The van der Waals surface area contributed by atoms with Gasteiger partial charge in [-0.1, -0.05) is 60.4 Å². The van der Waals surface area contributed by atoms with E-state index in [1.54, 1.807) is 0 Å². The number of hydrogen-bond donors (Lipinski definition) is 3. The lowest BCUT2D eigenvalue weighted by Crippen LogP contribution is -2.45. The predicted octanol–water partition coefficient (Wildman–Crippen LogP) is 2.91. The topological polar surface area (TPSA) is 78.0 Å². The van der Waals surface area contributed by atoms with Gasteiger partial charge >= 0.3 is 0 Å². The van der Waals surface area contributed by atoms with Gasteiger partial charge in [-0.15, -0.1) is 0 Å². The van der Waals surface area contributed by atoms with Crippen LogP contribution in [0.15, 0.2) is 66.0 Å². The standard InChI is InChI=1S/C24H26N6OS/c1-17(26-13-16-29-14-11-25-12-15-29)21-22(18-7-3-2-4-8-18)28-30(23(21)31)24-27-19-9-5-6-10-20(19)32-24/h2-10,25-26,28H,1,11-16H2. The maximum atomic E-state index is 13.5. The average molecular weight is 447 g/mol. The van der Waals surface area contributed by atoms with E-state index < -0.39 is 0 Å². The largest absolute Gasteiger partial charge is 0.384 e. The van der Waals surface area contributed by atoms with Gasteiger partial charge in [0.15, 0.2) is 0 Å². The molecule has 8 heteroatoms. The highest BCUT2D eigenvalue weighted by Gasteiger charge is 2.21. The van der Waals surface area contributed by atoms with Crippen LogP contribution in [-0.4, -0.2) is 58.9 Å². The summed E-state index contributed by atoms with van der Waals surface area (Å²) in [5.74, 6) is 0. The quantitative estimate of drug-likeness (QED) is 0.407. The summed E-state index contributed by atoms with van der Waals surface area (Å²) in [5.41, 5.74) is 3.59. The van der Waals surface area contributed by atoms with Gasteiger partial charge in [0.25, 0.3) is 5.56 Å². The van der Waals surface area contributed by atoms with Crippen LogP contribution in [0.1, 0.15) is 5.56 Å². The number of rotatable bonds is 7. The number of piperazine rings is 1. The molecule has 164 valence electrons. The van der Waals surface area contributed by atoms with E-state index in [2.05, 4.69) is 32.2 Å². The molecule has 1 fully saturated rings. The van der Waals surface area contributed by atoms with Gasteiger partial charge in [-0.3, -0.25) is 14.8 Å². The van der Waals surface area contributed by atoms with E-state index in [1.165, 1.54) is 16.0 Å². The van der Waals surface area contributed by atoms with Crippen molar-refractivity contribution >= 4 is 27.3 Å². The van der Waals surface area contributed by atoms with E-state index in [0.29, 0.717) is 16.4 Å². The molecule has 2 aromatic carbocycles. The summed E-state index contributed by atoms with van der Waals surface area (Å²) < 4.78 is 2.57. The zero-order chi connectivity index (χ0) is 21.9. The van der Waals surface area contributed by atoms with Gasteiger partial charge < -0.3 is 10.6 Å². The molecule has 0 spiro atoms. The number of fused-ring (bicyclic) bond motifs is 1. The average Bonchev–Trinajstić information content (AvgIpc) is 3.41. The van der Waals surface area contributed by atoms with Crippen molar-refractivity contribution in [2.45, 2.75) is 0 Å². The highest BCUT2D eigenvalue weighted by atomic mass is 32.1. The Balaban J connectivity index is 1.47. The molecule has 0 unspecified atom stereocenters. The molecule has 0 saturated carbocycles. The van der Waals surface area contributed by atoms with Crippen molar-refractivity contribution in [2.75, 3.05) is 39.3 Å². The van der Waals surface area contributed by atoms with E-state index in [-0.39, 0.29) is 5.56 Å². The zero-order valence-corrected chi connectivity index (χ0v) is 18.6. The molecular formula is C24H26N6OS. The molecule has 1 aliphatic heterocycles. The lowest BCUT2D eigenvalue weighted by Gasteiger charge is -2.27. The minimum atomic E-state index is -0.150. The minimum absolute atomic E-state index is 0.150. The molecule has 2 aromatic heterocycles. The van der Waals surface area contributed by atoms with E-state index >= 15 is 0 Å². The lowest BCUT2D eigenvalue weighted by molar-refractivity contribution is 0.244. The lowest BCUT2D eigenvalue weighted by atomic mass is 10.1.